The first-order chi connectivity index (χ1) is 12.5. The Balaban J connectivity index is 2.02. The summed E-state index contributed by atoms with van der Waals surface area (Å²) in [5, 5.41) is 4.74. The number of hydrogen-bond acceptors (Lipinski definition) is 2. The average Bonchev–Trinajstić information content (AvgIpc) is 3.01. The van der Waals surface area contributed by atoms with Gasteiger partial charge < -0.3 is 9.80 Å². The highest BCUT2D eigenvalue weighted by Gasteiger charge is 2.29. The van der Waals surface area contributed by atoms with Crippen molar-refractivity contribution in [2.24, 2.45) is 0 Å². The van der Waals surface area contributed by atoms with E-state index in [9.17, 15) is 9.18 Å². The Bertz CT molecular complexity index is 761. The van der Waals surface area contributed by atoms with Crippen molar-refractivity contribution in [2.75, 3.05) is 33.2 Å². The van der Waals surface area contributed by atoms with Crippen LogP contribution in [0.2, 0.25) is 0 Å². The lowest BCUT2D eigenvalue weighted by Crippen LogP contribution is -3.12. The molecule has 0 spiro atoms. The maximum atomic E-state index is 13.3. The van der Waals surface area contributed by atoms with E-state index in [4.69, 9.17) is 5.10 Å². The van der Waals surface area contributed by atoms with Gasteiger partial charge in [0.05, 0.1) is 55.9 Å². The maximum Gasteiger partial charge on any atom is 0.258 e. The van der Waals surface area contributed by atoms with Gasteiger partial charge in [0.15, 0.2) is 0 Å². The summed E-state index contributed by atoms with van der Waals surface area (Å²) in [4.78, 5) is 16.7. The van der Waals surface area contributed by atoms with Gasteiger partial charge in [-0.3, -0.25) is 4.79 Å². The summed E-state index contributed by atoms with van der Waals surface area (Å²) in [5.41, 5.74) is 3.31. The summed E-state index contributed by atoms with van der Waals surface area (Å²) in [6.07, 6.45) is 2.40. The molecule has 6 heteroatoms. The molecule has 0 bridgehead atoms. The van der Waals surface area contributed by atoms with Crippen LogP contribution in [0.5, 0.6) is 0 Å². The third-order valence-electron chi connectivity index (χ3n) is 5.06. The Morgan fingerprint density at radius 3 is 2.42 bits per heavy atom. The smallest absolute Gasteiger partial charge is 0.258 e. The number of quaternary nitrogens is 1. The van der Waals surface area contributed by atoms with Crippen LogP contribution < -0.4 is 4.90 Å². The highest BCUT2D eigenvalue weighted by atomic mass is 19.1. The van der Waals surface area contributed by atoms with Crippen LogP contribution in [0.1, 0.15) is 42.0 Å². The van der Waals surface area contributed by atoms with Crippen LogP contribution in [-0.4, -0.2) is 53.8 Å². The number of piperazine rings is 1. The molecular formula is C20H28FN4O+. The molecule has 26 heavy (non-hydrogen) atoms. The van der Waals surface area contributed by atoms with Crippen LogP contribution in [-0.2, 0) is 12.8 Å². The molecule has 5 nitrogen and oxygen atoms in total. The topological polar surface area (TPSA) is 42.6 Å². The van der Waals surface area contributed by atoms with Crippen molar-refractivity contribution in [1.82, 2.24) is 14.7 Å². The molecule has 1 fully saturated rings. The minimum absolute atomic E-state index is 0.0890. The summed E-state index contributed by atoms with van der Waals surface area (Å²) in [5.74, 6) is -0.185. The minimum Gasteiger partial charge on any atom is -0.334 e. The van der Waals surface area contributed by atoms with E-state index in [0.717, 1.165) is 61.7 Å². The Morgan fingerprint density at radius 2 is 1.85 bits per heavy atom. The van der Waals surface area contributed by atoms with Gasteiger partial charge in [0, 0.05) is 0 Å². The van der Waals surface area contributed by atoms with Gasteiger partial charge >= 0.3 is 0 Å². The average molecular weight is 359 g/mol. The van der Waals surface area contributed by atoms with Crippen molar-refractivity contribution < 1.29 is 14.1 Å². The van der Waals surface area contributed by atoms with Gasteiger partial charge in [-0.05, 0) is 37.1 Å². The van der Waals surface area contributed by atoms with Gasteiger partial charge in [0.25, 0.3) is 5.91 Å². The van der Waals surface area contributed by atoms with Crippen molar-refractivity contribution >= 4 is 5.91 Å². The Labute approximate surface area is 154 Å². The predicted molar refractivity (Wildman–Crippen MR) is 99.4 cm³/mol. The Morgan fingerprint density at radius 1 is 1.19 bits per heavy atom. The first kappa shape index (κ1) is 18.6. The number of benzene rings is 1. The lowest BCUT2D eigenvalue weighted by Gasteiger charge is -2.30. The second kappa shape index (κ2) is 7.99. The number of nitrogens with one attached hydrogen (secondary N) is 1. The fraction of sp³-hybridized carbons (Fsp3) is 0.500. The van der Waals surface area contributed by atoms with E-state index in [0.29, 0.717) is 6.42 Å². The van der Waals surface area contributed by atoms with E-state index in [2.05, 4.69) is 14.0 Å². The molecule has 0 saturated carbocycles. The van der Waals surface area contributed by atoms with E-state index >= 15 is 0 Å². The number of carbonyl (C=O) groups is 1. The van der Waals surface area contributed by atoms with Crippen molar-refractivity contribution in [3.05, 3.63) is 47.0 Å². The van der Waals surface area contributed by atoms with Gasteiger partial charge in [-0.1, -0.05) is 20.3 Å². The van der Waals surface area contributed by atoms with Gasteiger partial charge in [0.2, 0.25) is 0 Å². The molecule has 2 aromatic rings. The Kier molecular flexibility index (Phi) is 5.71. The van der Waals surface area contributed by atoms with Crippen molar-refractivity contribution in [1.29, 1.82) is 0 Å². The number of aryl methyl sites for hydroxylation is 1. The third kappa shape index (κ3) is 3.65. The number of amides is 1. The molecule has 0 radical (unpaired) electrons. The van der Waals surface area contributed by atoms with Crippen molar-refractivity contribution in [3.63, 3.8) is 0 Å². The predicted octanol–water partition coefficient (Wildman–Crippen LogP) is 1.50. The van der Waals surface area contributed by atoms with Gasteiger partial charge in [-0.2, -0.15) is 5.10 Å². The largest absolute Gasteiger partial charge is 0.334 e. The second-order valence-electron chi connectivity index (χ2n) is 7.01. The molecule has 0 atom stereocenters. The van der Waals surface area contributed by atoms with Crippen LogP contribution in [0.4, 0.5) is 4.39 Å². The molecule has 1 aromatic carbocycles. The van der Waals surface area contributed by atoms with E-state index in [1.54, 1.807) is 12.1 Å². The summed E-state index contributed by atoms with van der Waals surface area (Å²) in [6.45, 7) is 7.64. The quantitative estimate of drug-likeness (QED) is 0.879. The molecular weight excluding hydrogens is 331 g/mol. The number of hydrogen-bond donors (Lipinski definition) is 1. The molecule has 0 aliphatic carbocycles. The molecule has 1 amide bonds. The molecule has 1 aliphatic rings. The first-order valence-electron chi connectivity index (χ1n) is 9.52. The zero-order chi connectivity index (χ0) is 18.7. The highest BCUT2D eigenvalue weighted by Crippen LogP contribution is 2.23. The maximum absolute atomic E-state index is 13.3. The summed E-state index contributed by atoms with van der Waals surface area (Å²) in [7, 11) is 2.16. The molecule has 140 valence electrons. The van der Waals surface area contributed by atoms with Crippen molar-refractivity contribution in [2.45, 2.75) is 33.1 Å². The molecule has 1 aliphatic heterocycles. The summed E-state index contributed by atoms with van der Waals surface area (Å²) < 4.78 is 15.1. The van der Waals surface area contributed by atoms with E-state index in [1.807, 2.05) is 16.5 Å². The van der Waals surface area contributed by atoms with Gasteiger partial charge in [0.1, 0.15) is 5.82 Å². The first-order valence-corrected chi connectivity index (χ1v) is 9.52. The standard InChI is InChI=1S/C20H27FN4O/c1-4-6-17-19(20(26)24-13-11-23(3)12-14-24)18(5-2)25(22-17)16-9-7-15(21)8-10-16/h7-10H,4-6,11-14H2,1-3H3/p+1. The van der Waals surface area contributed by atoms with E-state index < -0.39 is 0 Å². The zero-order valence-corrected chi connectivity index (χ0v) is 15.9. The number of carbonyl (C=O) groups excluding carboxylic acids is 1. The second-order valence-corrected chi connectivity index (χ2v) is 7.01. The number of nitrogens with zero attached hydrogens (tertiary/aromatic N) is 3. The monoisotopic (exact) mass is 359 g/mol. The van der Waals surface area contributed by atoms with Crippen LogP contribution >= 0.6 is 0 Å². The number of likely N-dealkylation sites (N-methyl/N-ethyl adjacent to an activating group) is 1. The molecule has 1 N–H and O–H groups in total. The van der Waals surface area contributed by atoms with E-state index in [-0.39, 0.29) is 11.7 Å². The molecule has 1 saturated heterocycles. The fourth-order valence-corrected chi connectivity index (χ4v) is 3.53. The zero-order valence-electron chi connectivity index (χ0n) is 15.9. The van der Waals surface area contributed by atoms with Crippen LogP contribution in [0.3, 0.4) is 0 Å². The number of rotatable bonds is 5. The molecule has 2 heterocycles. The van der Waals surface area contributed by atoms with Crippen LogP contribution in [0.25, 0.3) is 5.69 Å². The van der Waals surface area contributed by atoms with Gasteiger partial charge in [-0.25, -0.2) is 9.07 Å². The number of aromatic nitrogens is 2. The van der Waals surface area contributed by atoms with Gasteiger partial charge in [-0.15, -0.1) is 0 Å². The SMILES string of the molecule is CCCc1nn(-c2ccc(F)cc2)c(CC)c1C(=O)N1CC[NH+](C)CC1. The van der Waals surface area contributed by atoms with Crippen LogP contribution in [0, 0.1) is 5.82 Å². The normalized spacial score (nSPS) is 15.5. The van der Waals surface area contributed by atoms with Crippen molar-refractivity contribution in [3.8, 4) is 5.69 Å². The minimum atomic E-state index is -0.274. The van der Waals surface area contributed by atoms with E-state index in [1.165, 1.54) is 17.0 Å². The summed E-state index contributed by atoms with van der Waals surface area (Å²) >= 11 is 0. The lowest BCUT2D eigenvalue weighted by atomic mass is 10.1. The Hall–Kier alpha value is -2.21. The lowest BCUT2D eigenvalue weighted by molar-refractivity contribution is -0.883. The molecule has 0 unspecified atom stereocenters. The fourth-order valence-electron chi connectivity index (χ4n) is 3.53. The summed E-state index contributed by atoms with van der Waals surface area (Å²) in [6, 6.07) is 6.29. The van der Waals surface area contributed by atoms with Crippen LogP contribution in [0.15, 0.2) is 24.3 Å². The third-order valence-corrected chi connectivity index (χ3v) is 5.06. The highest BCUT2D eigenvalue weighted by molar-refractivity contribution is 5.96. The molecule has 3 rings (SSSR count). The number of halogens is 1. The molecule has 1 aromatic heterocycles.